The monoisotopic (exact) mass is 430 g/mol. The molecule has 9 heteroatoms. The van der Waals surface area contributed by atoms with Crippen molar-refractivity contribution in [2.24, 2.45) is 5.92 Å². The number of rotatable bonds is 6. The van der Waals surface area contributed by atoms with Crippen LogP contribution in [0.4, 0.5) is 14.5 Å². The van der Waals surface area contributed by atoms with Crippen LogP contribution in [0.15, 0.2) is 42.6 Å². The first-order valence-corrected chi connectivity index (χ1v) is 10.4. The summed E-state index contributed by atoms with van der Waals surface area (Å²) in [6.07, 6.45) is 3.61. The van der Waals surface area contributed by atoms with Crippen LogP contribution in [-0.4, -0.2) is 35.0 Å². The van der Waals surface area contributed by atoms with E-state index in [1.807, 2.05) is 0 Å². The van der Waals surface area contributed by atoms with E-state index in [9.17, 15) is 13.6 Å². The summed E-state index contributed by atoms with van der Waals surface area (Å²) in [4.78, 5) is 16.8. The summed E-state index contributed by atoms with van der Waals surface area (Å²) in [6, 6.07) is 8.04. The number of anilines is 1. The summed E-state index contributed by atoms with van der Waals surface area (Å²) in [5.41, 5.74) is 0.258. The lowest BCUT2D eigenvalue weighted by Gasteiger charge is -2.22. The number of carbonyl (C=O) groups excluding carboxylic acids is 1. The second kappa shape index (κ2) is 9.27. The van der Waals surface area contributed by atoms with Crippen LogP contribution in [0, 0.1) is 17.6 Å². The second-order valence-corrected chi connectivity index (χ2v) is 7.75. The van der Waals surface area contributed by atoms with E-state index in [4.69, 9.17) is 4.74 Å². The van der Waals surface area contributed by atoms with Crippen molar-refractivity contribution in [1.82, 2.24) is 14.7 Å². The number of hydrogen-bond donors (Lipinski definition) is 2. The third-order valence-corrected chi connectivity index (χ3v) is 5.61. The van der Waals surface area contributed by atoms with Gasteiger partial charge in [-0.25, -0.2) is 13.8 Å². The van der Waals surface area contributed by atoms with Gasteiger partial charge in [0.25, 0.3) is 5.91 Å². The van der Waals surface area contributed by atoms with Crippen molar-refractivity contribution in [3.05, 3.63) is 59.9 Å². The minimum atomic E-state index is -0.740. The molecule has 1 aliphatic heterocycles. The Balaban J connectivity index is 1.47. The first-order valence-electron chi connectivity index (χ1n) is 9.63. The second-order valence-electron chi connectivity index (χ2n) is 6.99. The maximum atomic E-state index is 14.1. The molecule has 3 aromatic rings. The fraction of sp³-hybridized carbons (Fsp3) is 0.286. The fourth-order valence-corrected chi connectivity index (χ4v) is 3.86. The maximum Gasteiger partial charge on any atom is 0.274 e. The molecule has 6 nitrogen and oxygen atoms in total. The molecule has 0 unspecified atom stereocenters. The Morgan fingerprint density at radius 1 is 1.17 bits per heavy atom. The average molecular weight is 430 g/mol. The lowest BCUT2D eigenvalue weighted by Crippen LogP contribution is -2.30. The molecule has 30 heavy (non-hydrogen) atoms. The molecular formula is C21H20F2N4O2S. The van der Waals surface area contributed by atoms with E-state index >= 15 is 0 Å². The smallest absolute Gasteiger partial charge is 0.274 e. The van der Waals surface area contributed by atoms with Gasteiger partial charge in [0.15, 0.2) is 0 Å². The van der Waals surface area contributed by atoms with E-state index in [-0.39, 0.29) is 17.0 Å². The number of benzene rings is 1. The number of nitrogens with one attached hydrogen (secondary N) is 2. The van der Waals surface area contributed by atoms with Gasteiger partial charge in [-0.15, -0.1) is 0 Å². The van der Waals surface area contributed by atoms with E-state index in [1.165, 1.54) is 30.5 Å². The van der Waals surface area contributed by atoms with Crippen molar-refractivity contribution in [2.45, 2.75) is 12.8 Å². The van der Waals surface area contributed by atoms with Crippen molar-refractivity contribution in [1.29, 1.82) is 0 Å². The van der Waals surface area contributed by atoms with Crippen molar-refractivity contribution in [2.75, 3.05) is 25.0 Å². The molecule has 3 heterocycles. The maximum absolute atomic E-state index is 14.1. The molecule has 1 amide bonds. The number of amides is 1. The highest BCUT2D eigenvalue weighted by atomic mass is 32.1. The number of nitrogens with zero attached hydrogens (tertiary/aromatic N) is 2. The van der Waals surface area contributed by atoms with Crippen LogP contribution in [0.25, 0.3) is 11.3 Å². The Kier molecular flexibility index (Phi) is 6.29. The average Bonchev–Trinajstić information content (AvgIpc) is 3.20. The van der Waals surface area contributed by atoms with E-state index in [0.29, 0.717) is 23.3 Å². The van der Waals surface area contributed by atoms with Gasteiger partial charge in [0, 0.05) is 11.5 Å². The molecule has 4 rings (SSSR count). The Morgan fingerprint density at radius 2 is 1.90 bits per heavy atom. The minimum Gasteiger partial charge on any atom is -0.481 e. The molecule has 1 saturated heterocycles. The molecule has 0 saturated carbocycles. The van der Waals surface area contributed by atoms with Crippen molar-refractivity contribution in [3.8, 4) is 16.3 Å². The van der Waals surface area contributed by atoms with Crippen molar-refractivity contribution >= 4 is 23.1 Å². The topological polar surface area (TPSA) is 76.1 Å². The molecular weight excluding hydrogens is 410 g/mol. The van der Waals surface area contributed by atoms with Crippen LogP contribution >= 0.6 is 11.5 Å². The molecule has 0 radical (unpaired) electrons. The van der Waals surface area contributed by atoms with Crippen LogP contribution < -0.4 is 15.4 Å². The van der Waals surface area contributed by atoms with Crippen LogP contribution in [-0.2, 0) is 0 Å². The number of hydrogen-bond acceptors (Lipinski definition) is 6. The zero-order valence-electron chi connectivity index (χ0n) is 16.0. The van der Waals surface area contributed by atoms with E-state index in [2.05, 4.69) is 20.0 Å². The minimum absolute atomic E-state index is 0.0330. The van der Waals surface area contributed by atoms with E-state index in [1.54, 1.807) is 0 Å². The van der Waals surface area contributed by atoms with Gasteiger partial charge in [-0.05, 0) is 56.1 Å². The number of carbonyl (C=O) groups is 1. The van der Waals surface area contributed by atoms with Crippen LogP contribution in [0.5, 0.6) is 5.06 Å². The van der Waals surface area contributed by atoms with Gasteiger partial charge in [-0.2, -0.15) is 4.37 Å². The third kappa shape index (κ3) is 4.63. The molecule has 2 N–H and O–H groups in total. The summed E-state index contributed by atoms with van der Waals surface area (Å²) < 4.78 is 38.1. The highest BCUT2D eigenvalue weighted by molar-refractivity contribution is 7.08. The quantitative estimate of drug-likeness (QED) is 0.616. The van der Waals surface area contributed by atoms with E-state index < -0.39 is 17.5 Å². The van der Waals surface area contributed by atoms with Gasteiger partial charge in [0.2, 0.25) is 5.06 Å². The Hall–Kier alpha value is -2.91. The molecule has 0 spiro atoms. The Morgan fingerprint density at radius 3 is 2.67 bits per heavy atom. The summed E-state index contributed by atoms with van der Waals surface area (Å²) >= 11 is 1.16. The first-order chi connectivity index (χ1) is 14.6. The molecule has 156 valence electrons. The van der Waals surface area contributed by atoms with Gasteiger partial charge in [0.1, 0.15) is 23.0 Å². The summed E-state index contributed by atoms with van der Waals surface area (Å²) in [7, 11) is 0. The lowest BCUT2D eigenvalue weighted by atomic mass is 9.99. The molecule has 1 aromatic carbocycles. The number of ether oxygens (including phenoxy) is 1. The molecule has 0 atom stereocenters. The molecule has 1 aliphatic rings. The predicted molar refractivity (Wildman–Crippen MR) is 111 cm³/mol. The van der Waals surface area contributed by atoms with Crippen LogP contribution in [0.1, 0.15) is 23.3 Å². The van der Waals surface area contributed by atoms with Crippen LogP contribution in [0.2, 0.25) is 0 Å². The predicted octanol–water partition coefficient (Wildman–Crippen LogP) is 4.11. The van der Waals surface area contributed by atoms with E-state index in [0.717, 1.165) is 49.6 Å². The summed E-state index contributed by atoms with van der Waals surface area (Å²) in [6.45, 7) is 2.52. The van der Waals surface area contributed by atoms with Gasteiger partial charge in [-0.3, -0.25) is 4.79 Å². The standard InChI is InChI=1S/C21H20F2N4O2S/c22-14-3-1-4-15(23)19(14)16-5-2-6-17(26-16)20(28)27-18-11-25-30-21(18)29-12-13-7-9-24-10-8-13/h1-6,11,13,24H,7-10,12H2,(H,27,28). The normalized spacial score (nSPS) is 14.5. The molecule has 0 bridgehead atoms. The summed E-state index contributed by atoms with van der Waals surface area (Å²) in [5.74, 6) is -1.53. The van der Waals surface area contributed by atoms with Gasteiger partial charge >= 0.3 is 0 Å². The Labute approximate surface area is 176 Å². The molecule has 1 fully saturated rings. The Bertz CT molecular complexity index is 1020. The molecule has 2 aromatic heterocycles. The van der Waals surface area contributed by atoms with Crippen molar-refractivity contribution in [3.63, 3.8) is 0 Å². The van der Waals surface area contributed by atoms with Gasteiger partial charge < -0.3 is 15.4 Å². The highest BCUT2D eigenvalue weighted by Gasteiger charge is 2.19. The number of aromatic nitrogens is 2. The largest absolute Gasteiger partial charge is 0.481 e. The zero-order valence-corrected chi connectivity index (χ0v) is 16.8. The number of piperidine rings is 1. The lowest BCUT2D eigenvalue weighted by molar-refractivity contribution is 0.102. The highest BCUT2D eigenvalue weighted by Crippen LogP contribution is 2.30. The first kappa shape index (κ1) is 20.4. The SMILES string of the molecule is O=C(Nc1cnsc1OCC1CCNCC1)c1cccc(-c2c(F)cccc2F)n1. The van der Waals surface area contributed by atoms with Gasteiger partial charge in [-0.1, -0.05) is 12.1 Å². The van der Waals surface area contributed by atoms with Crippen LogP contribution in [0.3, 0.4) is 0 Å². The van der Waals surface area contributed by atoms with Gasteiger partial charge in [0.05, 0.1) is 24.1 Å². The fourth-order valence-electron chi connectivity index (χ4n) is 3.29. The van der Waals surface area contributed by atoms with Crippen molar-refractivity contribution < 1.29 is 18.3 Å². The molecule has 0 aliphatic carbocycles. The number of pyridine rings is 1. The third-order valence-electron chi connectivity index (χ3n) is 4.90. The zero-order chi connectivity index (χ0) is 20.9. The summed E-state index contributed by atoms with van der Waals surface area (Å²) in [5, 5.41) is 6.56. The number of halogens is 2.